The molecule has 1 aromatic rings. The lowest BCUT2D eigenvalue weighted by Crippen LogP contribution is -2.48. The quantitative estimate of drug-likeness (QED) is 0.901. The molecule has 19 heavy (non-hydrogen) atoms. The normalized spacial score (nSPS) is 19.8. The van der Waals surface area contributed by atoms with Gasteiger partial charge in [-0.25, -0.2) is 0 Å². The lowest BCUT2D eigenvalue weighted by Gasteiger charge is -2.33. The fourth-order valence-corrected chi connectivity index (χ4v) is 2.39. The van der Waals surface area contributed by atoms with Gasteiger partial charge >= 0.3 is 0 Å². The van der Waals surface area contributed by atoms with Crippen molar-refractivity contribution in [1.82, 2.24) is 0 Å². The SMILES string of the molecule is Cc1cccc(N2CCOC(CCCO)C2=O)c1C. The van der Waals surface area contributed by atoms with E-state index in [2.05, 4.69) is 0 Å². The Labute approximate surface area is 114 Å². The van der Waals surface area contributed by atoms with E-state index >= 15 is 0 Å². The average Bonchev–Trinajstić information content (AvgIpc) is 2.41. The number of hydrogen-bond acceptors (Lipinski definition) is 3. The molecule has 4 heteroatoms. The van der Waals surface area contributed by atoms with Crippen molar-refractivity contribution in [2.75, 3.05) is 24.7 Å². The Hall–Kier alpha value is -1.39. The molecule has 0 saturated carbocycles. The van der Waals surface area contributed by atoms with Crippen molar-refractivity contribution in [2.24, 2.45) is 0 Å². The molecule has 1 heterocycles. The van der Waals surface area contributed by atoms with Gasteiger partial charge in [-0.1, -0.05) is 12.1 Å². The third kappa shape index (κ3) is 2.96. The highest BCUT2D eigenvalue weighted by Gasteiger charge is 2.30. The topological polar surface area (TPSA) is 49.8 Å². The number of aliphatic hydroxyl groups is 1. The molecule has 1 amide bonds. The minimum absolute atomic E-state index is 0.00778. The van der Waals surface area contributed by atoms with Crippen molar-refractivity contribution < 1.29 is 14.6 Å². The van der Waals surface area contributed by atoms with E-state index in [-0.39, 0.29) is 12.5 Å². The Morgan fingerprint density at radius 1 is 1.42 bits per heavy atom. The van der Waals surface area contributed by atoms with Gasteiger partial charge in [-0.3, -0.25) is 4.79 Å². The predicted molar refractivity (Wildman–Crippen MR) is 74.3 cm³/mol. The molecule has 0 spiro atoms. The minimum Gasteiger partial charge on any atom is -0.396 e. The van der Waals surface area contributed by atoms with Crippen LogP contribution in [-0.4, -0.2) is 36.9 Å². The highest BCUT2D eigenvalue weighted by atomic mass is 16.5. The van der Waals surface area contributed by atoms with E-state index in [0.717, 1.165) is 11.3 Å². The third-order valence-electron chi connectivity index (χ3n) is 3.67. The number of ether oxygens (including phenoxy) is 1. The smallest absolute Gasteiger partial charge is 0.256 e. The molecule has 4 nitrogen and oxygen atoms in total. The fraction of sp³-hybridized carbons (Fsp3) is 0.533. The second kappa shape index (κ2) is 6.17. The van der Waals surface area contributed by atoms with E-state index in [9.17, 15) is 4.79 Å². The number of nitrogens with zero attached hydrogens (tertiary/aromatic N) is 1. The molecular weight excluding hydrogens is 242 g/mol. The van der Waals surface area contributed by atoms with Gasteiger partial charge in [-0.05, 0) is 43.9 Å². The molecule has 0 radical (unpaired) electrons. The lowest BCUT2D eigenvalue weighted by atomic mass is 10.1. The fourth-order valence-electron chi connectivity index (χ4n) is 2.39. The first-order chi connectivity index (χ1) is 9.15. The number of rotatable bonds is 4. The minimum atomic E-state index is -0.416. The summed E-state index contributed by atoms with van der Waals surface area (Å²) in [6.45, 7) is 5.33. The summed E-state index contributed by atoms with van der Waals surface area (Å²) in [6, 6.07) is 6.00. The predicted octanol–water partition coefficient (Wildman–Crippen LogP) is 1.81. The van der Waals surface area contributed by atoms with Gasteiger partial charge in [-0.2, -0.15) is 0 Å². The van der Waals surface area contributed by atoms with Crippen LogP contribution in [0.5, 0.6) is 0 Å². The van der Waals surface area contributed by atoms with E-state index in [1.54, 1.807) is 0 Å². The van der Waals surface area contributed by atoms with Gasteiger partial charge in [0.1, 0.15) is 6.10 Å². The Balaban J connectivity index is 2.19. The van der Waals surface area contributed by atoms with Crippen LogP contribution in [0.4, 0.5) is 5.69 Å². The van der Waals surface area contributed by atoms with Crippen molar-refractivity contribution >= 4 is 11.6 Å². The van der Waals surface area contributed by atoms with Gasteiger partial charge in [-0.15, -0.1) is 0 Å². The molecule has 1 fully saturated rings. The molecule has 0 aromatic heterocycles. The Kier molecular flexibility index (Phi) is 4.56. The maximum atomic E-state index is 12.4. The van der Waals surface area contributed by atoms with Gasteiger partial charge < -0.3 is 14.7 Å². The van der Waals surface area contributed by atoms with Crippen LogP contribution in [0.1, 0.15) is 24.0 Å². The molecule has 0 bridgehead atoms. The zero-order valence-electron chi connectivity index (χ0n) is 11.6. The zero-order chi connectivity index (χ0) is 13.8. The number of benzene rings is 1. The number of aliphatic hydroxyl groups excluding tert-OH is 1. The van der Waals surface area contributed by atoms with Crippen LogP contribution in [0.2, 0.25) is 0 Å². The summed E-state index contributed by atoms with van der Waals surface area (Å²) in [5.74, 6) is 0.00778. The Morgan fingerprint density at radius 2 is 2.21 bits per heavy atom. The van der Waals surface area contributed by atoms with Crippen LogP contribution >= 0.6 is 0 Å². The molecule has 1 N–H and O–H groups in total. The third-order valence-corrected chi connectivity index (χ3v) is 3.67. The molecule has 1 aromatic carbocycles. The average molecular weight is 263 g/mol. The Bertz CT molecular complexity index is 459. The maximum absolute atomic E-state index is 12.4. The molecule has 1 aliphatic heterocycles. The standard InChI is InChI=1S/C15H21NO3/c1-11-5-3-6-13(12(11)2)16-8-10-19-14(15(16)18)7-4-9-17/h3,5-6,14,17H,4,7-10H2,1-2H3. The van der Waals surface area contributed by atoms with E-state index in [1.165, 1.54) is 5.56 Å². The molecule has 1 aliphatic rings. The van der Waals surface area contributed by atoms with Gasteiger partial charge in [0.25, 0.3) is 5.91 Å². The summed E-state index contributed by atoms with van der Waals surface area (Å²) in [5, 5.41) is 8.87. The molecular formula is C15H21NO3. The van der Waals surface area contributed by atoms with E-state index in [0.29, 0.717) is 26.0 Å². The van der Waals surface area contributed by atoms with Gasteiger partial charge in [0.2, 0.25) is 0 Å². The first-order valence-corrected chi connectivity index (χ1v) is 6.75. The summed E-state index contributed by atoms with van der Waals surface area (Å²) in [7, 11) is 0. The highest BCUT2D eigenvalue weighted by molar-refractivity contribution is 5.97. The molecule has 1 saturated heterocycles. The van der Waals surface area contributed by atoms with E-state index < -0.39 is 6.10 Å². The number of anilines is 1. The monoisotopic (exact) mass is 263 g/mol. The number of carbonyl (C=O) groups excluding carboxylic acids is 1. The van der Waals surface area contributed by atoms with Crippen molar-refractivity contribution in [3.8, 4) is 0 Å². The second-order valence-electron chi connectivity index (χ2n) is 4.93. The number of hydrogen-bond donors (Lipinski definition) is 1. The van der Waals surface area contributed by atoms with Gasteiger partial charge in [0.15, 0.2) is 0 Å². The first-order valence-electron chi connectivity index (χ1n) is 6.75. The van der Waals surface area contributed by atoms with Crippen LogP contribution < -0.4 is 4.90 Å². The summed E-state index contributed by atoms with van der Waals surface area (Å²) in [5.41, 5.74) is 3.30. The summed E-state index contributed by atoms with van der Waals surface area (Å²) in [4.78, 5) is 14.2. The van der Waals surface area contributed by atoms with Crippen molar-refractivity contribution in [1.29, 1.82) is 0 Å². The second-order valence-corrected chi connectivity index (χ2v) is 4.93. The summed E-state index contributed by atoms with van der Waals surface area (Å²) in [6.07, 6.45) is 0.758. The van der Waals surface area contributed by atoms with Gasteiger partial charge in [0.05, 0.1) is 6.61 Å². The van der Waals surface area contributed by atoms with Crippen molar-refractivity contribution in [3.63, 3.8) is 0 Å². The molecule has 1 unspecified atom stereocenters. The van der Waals surface area contributed by atoms with Crippen LogP contribution in [-0.2, 0) is 9.53 Å². The van der Waals surface area contributed by atoms with Crippen LogP contribution in [0.25, 0.3) is 0 Å². The molecule has 0 aliphatic carbocycles. The van der Waals surface area contributed by atoms with Crippen LogP contribution in [0, 0.1) is 13.8 Å². The van der Waals surface area contributed by atoms with E-state index in [4.69, 9.17) is 9.84 Å². The van der Waals surface area contributed by atoms with Crippen molar-refractivity contribution in [2.45, 2.75) is 32.8 Å². The highest BCUT2D eigenvalue weighted by Crippen LogP contribution is 2.26. The van der Waals surface area contributed by atoms with E-state index in [1.807, 2.05) is 36.9 Å². The van der Waals surface area contributed by atoms with Crippen LogP contribution in [0.3, 0.4) is 0 Å². The first kappa shape index (κ1) is 14.0. The number of morpholine rings is 1. The summed E-state index contributed by atoms with van der Waals surface area (Å²) >= 11 is 0. The summed E-state index contributed by atoms with van der Waals surface area (Å²) < 4.78 is 5.51. The molecule has 1 atom stereocenters. The number of amides is 1. The zero-order valence-corrected chi connectivity index (χ0v) is 11.6. The lowest BCUT2D eigenvalue weighted by molar-refractivity contribution is -0.134. The largest absolute Gasteiger partial charge is 0.396 e. The van der Waals surface area contributed by atoms with Crippen LogP contribution in [0.15, 0.2) is 18.2 Å². The van der Waals surface area contributed by atoms with Gasteiger partial charge in [0, 0.05) is 18.8 Å². The number of carbonyl (C=O) groups is 1. The number of aryl methyl sites for hydroxylation is 1. The molecule has 104 valence electrons. The van der Waals surface area contributed by atoms with Crippen molar-refractivity contribution in [3.05, 3.63) is 29.3 Å². The Morgan fingerprint density at radius 3 is 2.95 bits per heavy atom. The maximum Gasteiger partial charge on any atom is 0.256 e. The molecule has 2 rings (SSSR count).